The van der Waals surface area contributed by atoms with Crippen molar-refractivity contribution in [2.75, 3.05) is 26.3 Å². The van der Waals surface area contributed by atoms with Crippen molar-refractivity contribution in [2.24, 2.45) is 0 Å². The molecule has 1 aliphatic carbocycles. The van der Waals surface area contributed by atoms with Crippen molar-refractivity contribution in [3.63, 3.8) is 0 Å². The molecule has 1 fully saturated rings. The molecule has 1 unspecified atom stereocenters. The van der Waals surface area contributed by atoms with Crippen molar-refractivity contribution in [3.05, 3.63) is 35.4 Å². The standard InChI is InChI=1S/C17H22N2O/c1-16(2)7-8-17(13-18,19-9-11-20-12-10-19)15-6-4-3-5-14(15)16/h3-6H,7-12H2,1-2H3. The van der Waals surface area contributed by atoms with Crippen LogP contribution in [-0.2, 0) is 15.7 Å². The van der Waals surface area contributed by atoms with Crippen LogP contribution in [0.3, 0.4) is 0 Å². The number of hydrogen-bond acceptors (Lipinski definition) is 3. The largest absolute Gasteiger partial charge is 0.379 e. The van der Waals surface area contributed by atoms with E-state index in [-0.39, 0.29) is 5.41 Å². The van der Waals surface area contributed by atoms with Crippen molar-refractivity contribution in [3.8, 4) is 6.07 Å². The van der Waals surface area contributed by atoms with E-state index in [2.05, 4.69) is 49.1 Å². The molecule has 0 bridgehead atoms. The molecule has 1 aliphatic heterocycles. The molecule has 1 atom stereocenters. The Morgan fingerprint density at radius 1 is 1.10 bits per heavy atom. The molecule has 3 rings (SSSR count). The van der Waals surface area contributed by atoms with Gasteiger partial charge in [0.15, 0.2) is 0 Å². The van der Waals surface area contributed by atoms with Gasteiger partial charge in [0.05, 0.1) is 19.3 Å². The van der Waals surface area contributed by atoms with Crippen LogP contribution in [0.25, 0.3) is 0 Å². The highest BCUT2D eigenvalue weighted by atomic mass is 16.5. The first-order valence-corrected chi connectivity index (χ1v) is 7.44. The molecule has 3 nitrogen and oxygen atoms in total. The number of benzene rings is 1. The lowest BCUT2D eigenvalue weighted by atomic mass is 9.65. The Bertz CT molecular complexity index is 540. The molecule has 3 heteroatoms. The van der Waals surface area contributed by atoms with Gasteiger partial charge in [0.1, 0.15) is 5.54 Å². The van der Waals surface area contributed by atoms with Gasteiger partial charge in [0.25, 0.3) is 0 Å². The first kappa shape index (κ1) is 13.6. The van der Waals surface area contributed by atoms with Gasteiger partial charge in [-0.1, -0.05) is 38.1 Å². The molecule has 0 spiro atoms. The number of morpholine rings is 1. The molecule has 0 radical (unpaired) electrons. The van der Waals surface area contributed by atoms with Gasteiger partial charge in [-0.25, -0.2) is 0 Å². The number of fused-ring (bicyclic) bond motifs is 1. The molecule has 106 valence electrons. The second-order valence-electron chi connectivity index (χ2n) is 6.50. The minimum Gasteiger partial charge on any atom is -0.379 e. The van der Waals surface area contributed by atoms with E-state index in [4.69, 9.17) is 4.74 Å². The minimum absolute atomic E-state index is 0.156. The van der Waals surface area contributed by atoms with E-state index in [1.807, 2.05) is 0 Å². The van der Waals surface area contributed by atoms with E-state index in [0.717, 1.165) is 39.1 Å². The smallest absolute Gasteiger partial charge is 0.135 e. The highest BCUT2D eigenvalue weighted by molar-refractivity contribution is 5.45. The van der Waals surface area contributed by atoms with Gasteiger partial charge in [0, 0.05) is 13.1 Å². The third kappa shape index (κ3) is 1.95. The number of nitrogens with zero attached hydrogens (tertiary/aromatic N) is 2. The fourth-order valence-electron chi connectivity index (χ4n) is 3.66. The lowest BCUT2D eigenvalue weighted by molar-refractivity contribution is -0.0135. The van der Waals surface area contributed by atoms with E-state index in [9.17, 15) is 5.26 Å². The molecular weight excluding hydrogens is 248 g/mol. The van der Waals surface area contributed by atoms with Gasteiger partial charge in [-0.2, -0.15) is 5.26 Å². The first-order valence-electron chi connectivity index (χ1n) is 7.44. The zero-order valence-electron chi connectivity index (χ0n) is 12.4. The van der Waals surface area contributed by atoms with Crippen LogP contribution < -0.4 is 0 Å². The Balaban J connectivity index is 2.11. The number of nitriles is 1. The molecule has 1 aromatic rings. The van der Waals surface area contributed by atoms with Crippen molar-refractivity contribution in [1.29, 1.82) is 5.26 Å². The van der Waals surface area contributed by atoms with Crippen LogP contribution in [0.15, 0.2) is 24.3 Å². The van der Waals surface area contributed by atoms with Gasteiger partial charge in [-0.15, -0.1) is 0 Å². The van der Waals surface area contributed by atoms with Crippen molar-refractivity contribution >= 4 is 0 Å². The second kappa shape index (κ2) is 4.87. The number of rotatable bonds is 1. The fourth-order valence-corrected chi connectivity index (χ4v) is 3.66. The van der Waals surface area contributed by atoms with Crippen LogP contribution in [0, 0.1) is 11.3 Å². The summed E-state index contributed by atoms with van der Waals surface area (Å²) in [5, 5.41) is 9.98. The SMILES string of the molecule is CC1(C)CCC(C#N)(N2CCOCC2)c2ccccc21. The lowest BCUT2D eigenvalue weighted by Crippen LogP contribution is -2.53. The summed E-state index contributed by atoms with van der Waals surface area (Å²) >= 11 is 0. The first-order chi connectivity index (χ1) is 9.60. The number of hydrogen-bond donors (Lipinski definition) is 0. The molecule has 0 aromatic heterocycles. The highest BCUT2D eigenvalue weighted by Gasteiger charge is 2.47. The van der Waals surface area contributed by atoms with Crippen LogP contribution >= 0.6 is 0 Å². The van der Waals surface area contributed by atoms with Crippen LogP contribution in [0.1, 0.15) is 37.8 Å². The Hall–Kier alpha value is -1.37. The maximum absolute atomic E-state index is 9.98. The number of ether oxygens (including phenoxy) is 1. The predicted octanol–water partition coefficient (Wildman–Crippen LogP) is 2.81. The summed E-state index contributed by atoms with van der Waals surface area (Å²) < 4.78 is 5.46. The zero-order valence-corrected chi connectivity index (χ0v) is 12.4. The van der Waals surface area contributed by atoms with E-state index in [1.54, 1.807) is 0 Å². The monoisotopic (exact) mass is 270 g/mol. The molecular formula is C17H22N2O. The fraction of sp³-hybridized carbons (Fsp3) is 0.588. The minimum atomic E-state index is -0.462. The molecule has 1 heterocycles. The van der Waals surface area contributed by atoms with E-state index < -0.39 is 5.54 Å². The quantitative estimate of drug-likeness (QED) is 0.787. The summed E-state index contributed by atoms with van der Waals surface area (Å²) in [5.41, 5.74) is 2.24. The summed E-state index contributed by atoms with van der Waals surface area (Å²) in [6.45, 7) is 7.73. The Morgan fingerprint density at radius 2 is 1.75 bits per heavy atom. The van der Waals surface area contributed by atoms with Crippen molar-refractivity contribution in [1.82, 2.24) is 4.90 Å². The Kier molecular flexibility index (Phi) is 3.32. The summed E-state index contributed by atoms with van der Waals surface area (Å²) in [6, 6.07) is 11.1. The average molecular weight is 270 g/mol. The van der Waals surface area contributed by atoms with Crippen LogP contribution in [0.4, 0.5) is 0 Å². The zero-order chi connectivity index (χ0) is 14.2. The van der Waals surface area contributed by atoms with E-state index >= 15 is 0 Å². The molecule has 1 saturated heterocycles. The van der Waals surface area contributed by atoms with Gasteiger partial charge < -0.3 is 4.74 Å². The summed E-state index contributed by atoms with van der Waals surface area (Å²) in [4.78, 5) is 2.32. The van der Waals surface area contributed by atoms with Gasteiger partial charge in [0.2, 0.25) is 0 Å². The van der Waals surface area contributed by atoms with E-state index in [1.165, 1.54) is 11.1 Å². The third-order valence-electron chi connectivity index (χ3n) is 4.95. The normalized spacial score (nSPS) is 29.4. The van der Waals surface area contributed by atoms with Crippen LogP contribution in [0.5, 0.6) is 0 Å². The molecule has 0 saturated carbocycles. The molecule has 20 heavy (non-hydrogen) atoms. The van der Waals surface area contributed by atoms with Crippen molar-refractivity contribution < 1.29 is 4.74 Å². The summed E-state index contributed by atoms with van der Waals surface area (Å²) in [5.74, 6) is 0. The Labute approximate surface area is 121 Å². The van der Waals surface area contributed by atoms with Gasteiger partial charge in [-0.05, 0) is 29.4 Å². The van der Waals surface area contributed by atoms with Crippen LogP contribution in [-0.4, -0.2) is 31.2 Å². The molecule has 2 aliphatic rings. The molecule has 0 N–H and O–H groups in total. The van der Waals surface area contributed by atoms with Crippen molar-refractivity contribution in [2.45, 2.75) is 37.6 Å². The average Bonchev–Trinajstić information content (AvgIpc) is 2.49. The Morgan fingerprint density at radius 3 is 2.40 bits per heavy atom. The maximum atomic E-state index is 9.98. The predicted molar refractivity (Wildman–Crippen MR) is 78.4 cm³/mol. The third-order valence-corrected chi connectivity index (χ3v) is 4.95. The molecule has 1 aromatic carbocycles. The summed E-state index contributed by atoms with van der Waals surface area (Å²) in [7, 11) is 0. The van der Waals surface area contributed by atoms with Gasteiger partial charge >= 0.3 is 0 Å². The highest BCUT2D eigenvalue weighted by Crippen LogP contribution is 2.47. The topological polar surface area (TPSA) is 36.3 Å². The summed E-state index contributed by atoms with van der Waals surface area (Å²) in [6.07, 6.45) is 1.96. The van der Waals surface area contributed by atoms with E-state index in [0.29, 0.717) is 0 Å². The molecule has 0 amide bonds. The lowest BCUT2D eigenvalue weighted by Gasteiger charge is -2.48. The van der Waals surface area contributed by atoms with Gasteiger partial charge in [-0.3, -0.25) is 4.90 Å². The maximum Gasteiger partial charge on any atom is 0.135 e. The van der Waals surface area contributed by atoms with Crippen LogP contribution in [0.2, 0.25) is 0 Å². The second-order valence-corrected chi connectivity index (χ2v) is 6.50.